The largest absolute Gasteiger partial charge is 0.386 e. The summed E-state index contributed by atoms with van der Waals surface area (Å²) in [6.45, 7) is 7.78. The highest BCUT2D eigenvalue weighted by molar-refractivity contribution is 5.14. The van der Waals surface area contributed by atoms with Crippen molar-refractivity contribution in [3.05, 3.63) is 24.3 Å². The van der Waals surface area contributed by atoms with Gasteiger partial charge in [-0.2, -0.15) is 0 Å². The van der Waals surface area contributed by atoms with Gasteiger partial charge in [0.15, 0.2) is 0 Å². The molecular weight excluding hydrogens is 136 g/mol. The maximum Gasteiger partial charge on any atom is 0.0800 e. The Hall–Kier alpha value is -0.560. The predicted octanol–water partition coefficient (Wildman–Crippen LogP) is 2.28. The van der Waals surface area contributed by atoms with Gasteiger partial charge >= 0.3 is 0 Å². The molecule has 0 heterocycles. The molecule has 11 heavy (non-hydrogen) atoms. The Morgan fingerprint density at radius 2 is 2.36 bits per heavy atom. The number of hydrogen-bond donors (Lipinski definition) is 1. The average Bonchev–Trinajstić information content (AvgIpc) is 1.86. The molecule has 0 aliphatic heterocycles. The Labute approximate surface area is 68.4 Å². The molecule has 0 unspecified atom stereocenters. The van der Waals surface area contributed by atoms with E-state index in [2.05, 4.69) is 12.7 Å². The van der Waals surface area contributed by atoms with Crippen molar-refractivity contribution >= 4 is 0 Å². The van der Waals surface area contributed by atoms with E-state index in [-0.39, 0.29) is 0 Å². The van der Waals surface area contributed by atoms with Gasteiger partial charge < -0.3 is 5.11 Å². The molecule has 0 amide bonds. The third-order valence-electron chi connectivity index (χ3n) is 2.28. The van der Waals surface area contributed by atoms with Gasteiger partial charge in [0.05, 0.1) is 5.60 Å². The number of rotatable bonds is 1. The molecule has 0 saturated carbocycles. The van der Waals surface area contributed by atoms with E-state index < -0.39 is 5.60 Å². The van der Waals surface area contributed by atoms with Crippen molar-refractivity contribution in [3.8, 4) is 0 Å². The van der Waals surface area contributed by atoms with E-state index in [1.807, 2.05) is 19.9 Å². The second-order valence-electron chi connectivity index (χ2n) is 3.71. The molecule has 1 heteroatoms. The molecule has 0 spiro atoms. The number of aliphatic hydroxyl groups is 1. The molecule has 0 aromatic rings. The molecule has 0 aromatic carbocycles. The minimum Gasteiger partial charge on any atom is -0.386 e. The molecule has 0 bridgehead atoms. The molecule has 1 aliphatic rings. The molecule has 0 aromatic heterocycles. The van der Waals surface area contributed by atoms with E-state index >= 15 is 0 Å². The van der Waals surface area contributed by atoms with Crippen LogP contribution in [0.3, 0.4) is 0 Å². The molecule has 0 fully saturated rings. The first-order valence-electron chi connectivity index (χ1n) is 4.08. The number of allylic oxidation sites excluding steroid dienone is 2. The van der Waals surface area contributed by atoms with Gasteiger partial charge in [0.25, 0.3) is 0 Å². The van der Waals surface area contributed by atoms with Gasteiger partial charge in [-0.25, -0.2) is 0 Å². The quantitative estimate of drug-likeness (QED) is 0.571. The van der Waals surface area contributed by atoms with Crippen LogP contribution in [-0.4, -0.2) is 10.7 Å². The van der Waals surface area contributed by atoms with Gasteiger partial charge in [-0.05, 0) is 32.6 Å². The van der Waals surface area contributed by atoms with Crippen molar-refractivity contribution in [1.82, 2.24) is 0 Å². The fourth-order valence-corrected chi connectivity index (χ4v) is 1.36. The second-order valence-corrected chi connectivity index (χ2v) is 3.71. The van der Waals surface area contributed by atoms with Crippen molar-refractivity contribution in [2.24, 2.45) is 5.92 Å². The zero-order valence-corrected chi connectivity index (χ0v) is 7.30. The summed E-state index contributed by atoms with van der Waals surface area (Å²) in [7, 11) is 0. The summed E-state index contributed by atoms with van der Waals surface area (Å²) in [5.74, 6) is 0.482. The predicted molar refractivity (Wildman–Crippen MR) is 47.3 cm³/mol. The van der Waals surface area contributed by atoms with E-state index in [9.17, 15) is 5.11 Å². The van der Waals surface area contributed by atoms with Crippen molar-refractivity contribution < 1.29 is 5.11 Å². The molecule has 1 nitrogen and oxygen atoms in total. The minimum absolute atomic E-state index is 0.482. The standard InChI is InChI=1S/C10H16O/c1-8(2)9-4-6-10(3,11)7-5-9/h4,6,9,11H,1,5,7H2,2-3H3/t9-,10+/m1/s1. The van der Waals surface area contributed by atoms with Gasteiger partial charge in [0.2, 0.25) is 0 Å². The van der Waals surface area contributed by atoms with Gasteiger partial charge in [0, 0.05) is 0 Å². The van der Waals surface area contributed by atoms with Crippen LogP contribution < -0.4 is 0 Å². The molecule has 2 atom stereocenters. The first kappa shape index (κ1) is 8.54. The summed E-state index contributed by atoms with van der Waals surface area (Å²) in [6, 6.07) is 0. The molecule has 62 valence electrons. The first-order valence-corrected chi connectivity index (χ1v) is 4.08. The fourth-order valence-electron chi connectivity index (χ4n) is 1.36. The smallest absolute Gasteiger partial charge is 0.0800 e. The summed E-state index contributed by atoms with van der Waals surface area (Å²) < 4.78 is 0. The van der Waals surface area contributed by atoms with E-state index in [1.165, 1.54) is 5.57 Å². The third kappa shape index (κ3) is 2.19. The van der Waals surface area contributed by atoms with Crippen molar-refractivity contribution in [2.45, 2.75) is 32.3 Å². The first-order chi connectivity index (χ1) is 5.01. The van der Waals surface area contributed by atoms with Gasteiger partial charge in [-0.1, -0.05) is 24.3 Å². The SMILES string of the molecule is C=C(C)[C@@H]1C=C[C@](C)(O)CC1. The molecular formula is C10H16O. The van der Waals surface area contributed by atoms with Crippen molar-refractivity contribution in [3.63, 3.8) is 0 Å². The van der Waals surface area contributed by atoms with Crippen molar-refractivity contribution in [1.29, 1.82) is 0 Å². The summed E-state index contributed by atoms with van der Waals surface area (Å²) >= 11 is 0. The van der Waals surface area contributed by atoms with E-state index in [0.717, 1.165) is 12.8 Å². The maximum absolute atomic E-state index is 9.56. The maximum atomic E-state index is 9.56. The number of hydrogen-bond acceptors (Lipinski definition) is 1. The van der Waals surface area contributed by atoms with Crippen LogP contribution in [-0.2, 0) is 0 Å². The molecule has 1 aliphatic carbocycles. The Bertz CT molecular complexity index is 189. The second kappa shape index (κ2) is 2.82. The normalized spacial score (nSPS) is 37.2. The van der Waals surface area contributed by atoms with Crippen LogP contribution in [0.5, 0.6) is 0 Å². The van der Waals surface area contributed by atoms with E-state index in [1.54, 1.807) is 0 Å². The zero-order chi connectivity index (χ0) is 8.48. The third-order valence-corrected chi connectivity index (χ3v) is 2.28. The van der Waals surface area contributed by atoms with Gasteiger partial charge in [-0.15, -0.1) is 0 Å². The lowest BCUT2D eigenvalue weighted by atomic mass is 9.84. The van der Waals surface area contributed by atoms with Crippen molar-refractivity contribution in [2.75, 3.05) is 0 Å². The lowest BCUT2D eigenvalue weighted by molar-refractivity contribution is 0.0903. The summed E-state index contributed by atoms with van der Waals surface area (Å²) in [5, 5.41) is 9.56. The highest BCUT2D eigenvalue weighted by Crippen LogP contribution is 2.28. The van der Waals surface area contributed by atoms with Crippen LogP contribution in [0.1, 0.15) is 26.7 Å². The summed E-state index contributed by atoms with van der Waals surface area (Å²) in [6.07, 6.45) is 5.82. The van der Waals surface area contributed by atoms with Gasteiger partial charge in [-0.3, -0.25) is 0 Å². The van der Waals surface area contributed by atoms with E-state index in [0.29, 0.717) is 5.92 Å². The van der Waals surface area contributed by atoms with Crippen LogP contribution in [0.2, 0.25) is 0 Å². The van der Waals surface area contributed by atoms with Crippen LogP contribution in [0, 0.1) is 5.92 Å². The molecule has 0 saturated heterocycles. The fraction of sp³-hybridized carbons (Fsp3) is 0.600. The van der Waals surface area contributed by atoms with E-state index in [4.69, 9.17) is 0 Å². The Morgan fingerprint density at radius 3 is 2.73 bits per heavy atom. The summed E-state index contributed by atoms with van der Waals surface area (Å²) in [5.41, 5.74) is 0.614. The zero-order valence-electron chi connectivity index (χ0n) is 7.30. The summed E-state index contributed by atoms with van der Waals surface area (Å²) in [4.78, 5) is 0. The Kier molecular flexibility index (Phi) is 2.19. The highest BCUT2D eigenvalue weighted by atomic mass is 16.3. The van der Waals surface area contributed by atoms with Crippen LogP contribution >= 0.6 is 0 Å². The molecule has 0 radical (unpaired) electrons. The highest BCUT2D eigenvalue weighted by Gasteiger charge is 2.23. The average molecular weight is 152 g/mol. The van der Waals surface area contributed by atoms with Crippen LogP contribution in [0.15, 0.2) is 24.3 Å². The minimum atomic E-state index is -0.577. The Balaban J connectivity index is 2.63. The van der Waals surface area contributed by atoms with Crippen LogP contribution in [0.4, 0.5) is 0 Å². The molecule has 1 N–H and O–H groups in total. The lowest BCUT2D eigenvalue weighted by Gasteiger charge is -2.27. The topological polar surface area (TPSA) is 20.2 Å². The lowest BCUT2D eigenvalue weighted by Crippen LogP contribution is -2.25. The van der Waals surface area contributed by atoms with Crippen LogP contribution in [0.25, 0.3) is 0 Å². The molecule has 1 rings (SSSR count). The Morgan fingerprint density at radius 1 is 1.73 bits per heavy atom. The van der Waals surface area contributed by atoms with Gasteiger partial charge in [0.1, 0.15) is 0 Å². The monoisotopic (exact) mass is 152 g/mol.